The van der Waals surface area contributed by atoms with Gasteiger partial charge in [0.05, 0.1) is 12.6 Å². The number of amides is 1. The number of alkyl carbamates (subject to hydrolysis) is 1. The standard InChI is InChI=1S/C21H39NO5/c1-3-4-5-6-7-8-9-10-11-12-13-14-15-19(26-17(2)24)20-18(16-23)22-21(25)27-20/h18-20,23H,3-16H2,1-2H3,(H,22,25)/t18-,19+,20+/m0/s1. The van der Waals surface area contributed by atoms with E-state index in [4.69, 9.17) is 9.47 Å². The molecule has 6 nitrogen and oxygen atoms in total. The van der Waals surface area contributed by atoms with E-state index < -0.39 is 30.3 Å². The van der Waals surface area contributed by atoms with Crippen LogP contribution in [0.4, 0.5) is 4.79 Å². The third-order valence-electron chi connectivity index (χ3n) is 5.17. The summed E-state index contributed by atoms with van der Waals surface area (Å²) in [5.41, 5.74) is 0. The van der Waals surface area contributed by atoms with Crippen molar-refractivity contribution >= 4 is 12.1 Å². The highest BCUT2D eigenvalue weighted by Gasteiger charge is 2.40. The second-order valence-electron chi connectivity index (χ2n) is 7.63. The van der Waals surface area contributed by atoms with E-state index >= 15 is 0 Å². The summed E-state index contributed by atoms with van der Waals surface area (Å²) in [5.74, 6) is -0.390. The molecule has 0 unspecified atom stereocenters. The number of ether oxygens (including phenoxy) is 2. The summed E-state index contributed by atoms with van der Waals surface area (Å²) >= 11 is 0. The van der Waals surface area contributed by atoms with Gasteiger partial charge in [-0.15, -0.1) is 0 Å². The van der Waals surface area contributed by atoms with Gasteiger partial charge in [-0.3, -0.25) is 4.79 Å². The molecule has 1 aliphatic heterocycles. The van der Waals surface area contributed by atoms with Crippen molar-refractivity contribution in [1.29, 1.82) is 0 Å². The second-order valence-corrected chi connectivity index (χ2v) is 7.63. The number of hydrogen-bond donors (Lipinski definition) is 2. The largest absolute Gasteiger partial charge is 0.459 e. The van der Waals surface area contributed by atoms with Crippen LogP contribution in [0.15, 0.2) is 0 Å². The number of rotatable bonds is 16. The molecule has 2 N–H and O–H groups in total. The molecule has 1 heterocycles. The number of nitrogens with one attached hydrogen (secondary N) is 1. The van der Waals surface area contributed by atoms with Crippen LogP contribution in [-0.2, 0) is 14.3 Å². The molecule has 1 rings (SSSR count). The van der Waals surface area contributed by atoms with Crippen LogP contribution in [0.25, 0.3) is 0 Å². The maximum absolute atomic E-state index is 11.4. The Kier molecular flexibility index (Phi) is 12.9. The second kappa shape index (κ2) is 14.7. The Balaban J connectivity index is 2.12. The first-order chi connectivity index (χ1) is 13.1. The van der Waals surface area contributed by atoms with Crippen LogP contribution in [0, 0.1) is 0 Å². The molecule has 0 saturated carbocycles. The summed E-state index contributed by atoms with van der Waals surface area (Å²) in [4.78, 5) is 22.8. The van der Waals surface area contributed by atoms with Gasteiger partial charge in [0.2, 0.25) is 0 Å². The summed E-state index contributed by atoms with van der Waals surface area (Å²) in [6.45, 7) is 3.37. The lowest BCUT2D eigenvalue weighted by Crippen LogP contribution is -2.43. The van der Waals surface area contributed by atoms with Crippen molar-refractivity contribution in [2.45, 2.75) is 116 Å². The van der Waals surface area contributed by atoms with Gasteiger partial charge >= 0.3 is 12.1 Å². The summed E-state index contributed by atoms with van der Waals surface area (Å²) in [5, 5.41) is 11.9. The molecule has 1 amide bonds. The molecule has 1 aliphatic rings. The van der Waals surface area contributed by atoms with E-state index in [0.717, 1.165) is 12.8 Å². The molecule has 0 bridgehead atoms. The Bertz CT molecular complexity index is 415. The van der Waals surface area contributed by atoms with Crippen LogP contribution in [0.2, 0.25) is 0 Å². The SMILES string of the molecule is CCCCCCCCCCCCCC[C@@H](OC(C)=O)[C@@H]1OC(=O)N[C@H]1CO. The highest BCUT2D eigenvalue weighted by molar-refractivity contribution is 5.70. The van der Waals surface area contributed by atoms with Crippen LogP contribution in [0.3, 0.4) is 0 Å². The van der Waals surface area contributed by atoms with E-state index in [2.05, 4.69) is 12.2 Å². The van der Waals surface area contributed by atoms with Crippen LogP contribution < -0.4 is 5.32 Å². The van der Waals surface area contributed by atoms with Crippen molar-refractivity contribution < 1.29 is 24.2 Å². The number of unbranched alkanes of at least 4 members (excludes halogenated alkanes) is 11. The van der Waals surface area contributed by atoms with E-state index in [-0.39, 0.29) is 6.61 Å². The Morgan fingerprint density at radius 2 is 1.56 bits per heavy atom. The smallest absolute Gasteiger partial charge is 0.408 e. The lowest BCUT2D eigenvalue weighted by molar-refractivity contribution is -0.152. The lowest BCUT2D eigenvalue weighted by atomic mass is 9.99. The fraction of sp³-hybridized carbons (Fsp3) is 0.905. The lowest BCUT2D eigenvalue weighted by Gasteiger charge is -2.24. The molecule has 158 valence electrons. The van der Waals surface area contributed by atoms with Crippen molar-refractivity contribution in [3.8, 4) is 0 Å². The molecule has 0 aliphatic carbocycles. The van der Waals surface area contributed by atoms with Crippen molar-refractivity contribution in [3.05, 3.63) is 0 Å². The Hall–Kier alpha value is -1.30. The van der Waals surface area contributed by atoms with Gasteiger partial charge in [-0.1, -0.05) is 77.6 Å². The van der Waals surface area contributed by atoms with Crippen molar-refractivity contribution in [2.24, 2.45) is 0 Å². The molecule has 0 radical (unpaired) electrons. The zero-order chi connectivity index (χ0) is 19.9. The minimum absolute atomic E-state index is 0.230. The molecule has 27 heavy (non-hydrogen) atoms. The van der Waals surface area contributed by atoms with Crippen molar-refractivity contribution in [2.75, 3.05) is 6.61 Å². The van der Waals surface area contributed by atoms with Gasteiger partial charge in [0.1, 0.15) is 6.10 Å². The molecule has 0 aromatic rings. The number of carbonyl (C=O) groups excluding carboxylic acids is 2. The fourth-order valence-corrected chi connectivity index (χ4v) is 3.65. The third kappa shape index (κ3) is 10.6. The maximum atomic E-state index is 11.4. The van der Waals surface area contributed by atoms with E-state index in [1.807, 2.05) is 0 Å². The monoisotopic (exact) mass is 385 g/mol. The predicted octanol–water partition coefficient (Wildman–Crippen LogP) is 4.48. The maximum Gasteiger partial charge on any atom is 0.408 e. The van der Waals surface area contributed by atoms with Crippen LogP contribution in [0.5, 0.6) is 0 Å². The van der Waals surface area contributed by atoms with Crippen molar-refractivity contribution in [1.82, 2.24) is 5.32 Å². The minimum Gasteiger partial charge on any atom is -0.459 e. The zero-order valence-electron chi connectivity index (χ0n) is 17.2. The van der Waals surface area contributed by atoms with Crippen LogP contribution in [0.1, 0.15) is 97.3 Å². The van der Waals surface area contributed by atoms with E-state index in [9.17, 15) is 14.7 Å². The molecule has 1 saturated heterocycles. The minimum atomic E-state index is -0.612. The van der Waals surface area contributed by atoms with Gasteiger partial charge in [-0.05, 0) is 12.8 Å². The van der Waals surface area contributed by atoms with Gasteiger partial charge in [-0.2, -0.15) is 0 Å². The van der Waals surface area contributed by atoms with Gasteiger partial charge in [-0.25, -0.2) is 4.79 Å². The molecule has 1 fully saturated rings. The summed E-state index contributed by atoms with van der Waals surface area (Å²) < 4.78 is 10.5. The normalized spacial score (nSPS) is 20.2. The first-order valence-electron chi connectivity index (χ1n) is 10.8. The molecule has 0 aromatic heterocycles. The number of aliphatic hydroxyl groups is 1. The number of cyclic esters (lactones) is 1. The molecule has 0 aromatic carbocycles. The number of esters is 1. The summed E-state index contributed by atoms with van der Waals surface area (Å²) in [6.07, 6.45) is 14.1. The Morgan fingerprint density at radius 1 is 1.04 bits per heavy atom. The highest BCUT2D eigenvalue weighted by atomic mass is 16.6. The van der Waals surface area contributed by atoms with E-state index in [0.29, 0.717) is 6.42 Å². The number of hydrogen-bond acceptors (Lipinski definition) is 5. The predicted molar refractivity (Wildman–Crippen MR) is 106 cm³/mol. The third-order valence-corrected chi connectivity index (χ3v) is 5.17. The zero-order valence-corrected chi connectivity index (χ0v) is 17.2. The molecule has 6 heteroatoms. The van der Waals surface area contributed by atoms with Crippen LogP contribution >= 0.6 is 0 Å². The first kappa shape index (κ1) is 23.7. The summed E-state index contributed by atoms with van der Waals surface area (Å²) in [6, 6.07) is -0.515. The topological polar surface area (TPSA) is 84.9 Å². The molecular weight excluding hydrogens is 346 g/mol. The van der Waals surface area contributed by atoms with Gasteiger partial charge in [0, 0.05) is 6.92 Å². The van der Waals surface area contributed by atoms with Gasteiger partial charge < -0.3 is 19.9 Å². The molecule has 3 atom stereocenters. The fourth-order valence-electron chi connectivity index (χ4n) is 3.65. The average Bonchev–Trinajstić information content (AvgIpc) is 3.02. The van der Waals surface area contributed by atoms with Crippen LogP contribution in [-0.4, -0.2) is 42.0 Å². The van der Waals surface area contributed by atoms with Crippen molar-refractivity contribution in [3.63, 3.8) is 0 Å². The highest BCUT2D eigenvalue weighted by Crippen LogP contribution is 2.21. The van der Waals surface area contributed by atoms with Gasteiger partial charge in [0.25, 0.3) is 0 Å². The Labute approximate surface area is 164 Å². The first-order valence-corrected chi connectivity index (χ1v) is 10.8. The van der Waals surface area contributed by atoms with Gasteiger partial charge in [0.15, 0.2) is 6.10 Å². The number of carbonyl (C=O) groups is 2. The number of aliphatic hydroxyl groups excluding tert-OH is 1. The molecular formula is C21H39NO5. The van der Waals surface area contributed by atoms with E-state index in [1.165, 1.54) is 71.1 Å². The molecule has 0 spiro atoms. The Morgan fingerprint density at radius 3 is 2.04 bits per heavy atom. The van der Waals surface area contributed by atoms with E-state index in [1.54, 1.807) is 0 Å². The summed E-state index contributed by atoms with van der Waals surface area (Å²) in [7, 11) is 0. The quantitative estimate of drug-likeness (QED) is 0.302. The average molecular weight is 386 g/mol.